The Hall–Kier alpha value is -2.42. The van der Waals surface area contributed by atoms with Gasteiger partial charge in [-0.3, -0.25) is 9.59 Å². The molecule has 0 bridgehead atoms. The number of hydrogen-bond donors (Lipinski definition) is 1. The maximum Gasteiger partial charge on any atom is 0.224 e. The van der Waals surface area contributed by atoms with Gasteiger partial charge < -0.3 is 5.32 Å². The van der Waals surface area contributed by atoms with Crippen LogP contribution in [0.1, 0.15) is 39.9 Å². The van der Waals surface area contributed by atoms with Gasteiger partial charge in [-0.05, 0) is 38.0 Å². The first-order valence-corrected chi connectivity index (χ1v) is 7.43. The van der Waals surface area contributed by atoms with Crippen LogP contribution in [0, 0.1) is 20.8 Å². The number of carbonyl (C=O) groups is 2. The minimum atomic E-state index is -0.132. The Morgan fingerprint density at radius 2 is 1.64 bits per heavy atom. The Kier molecular flexibility index (Phi) is 5.10. The summed E-state index contributed by atoms with van der Waals surface area (Å²) < 4.78 is 0. The smallest absolute Gasteiger partial charge is 0.224 e. The number of amides is 1. The normalized spacial score (nSPS) is 10.3. The third-order valence-electron chi connectivity index (χ3n) is 3.68. The van der Waals surface area contributed by atoms with Crippen molar-refractivity contribution in [2.75, 3.05) is 5.32 Å². The summed E-state index contributed by atoms with van der Waals surface area (Å²) in [6.45, 7) is 5.86. The third-order valence-corrected chi connectivity index (χ3v) is 3.68. The SMILES string of the molecule is Cc1ccc(C(=O)CCC(=O)Nc2ccccc2C)c(C)c1. The molecule has 0 aliphatic heterocycles. The third kappa shape index (κ3) is 4.04. The molecule has 0 fully saturated rings. The number of ketones is 1. The Balaban J connectivity index is 1.93. The molecular weight excluding hydrogens is 274 g/mol. The second-order valence-electron chi connectivity index (χ2n) is 5.60. The number of benzene rings is 2. The average molecular weight is 295 g/mol. The predicted molar refractivity (Wildman–Crippen MR) is 89.3 cm³/mol. The molecule has 22 heavy (non-hydrogen) atoms. The van der Waals surface area contributed by atoms with Crippen LogP contribution in [0.4, 0.5) is 5.69 Å². The molecule has 2 aromatic carbocycles. The van der Waals surface area contributed by atoms with Crippen molar-refractivity contribution in [3.05, 3.63) is 64.7 Å². The minimum absolute atomic E-state index is 0.0115. The van der Waals surface area contributed by atoms with E-state index in [1.807, 2.05) is 63.2 Å². The molecule has 0 saturated heterocycles. The number of carbonyl (C=O) groups excluding carboxylic acids is 2. The molecule has 2 aromatic rings. The van der Waals surface area contributed by atoms with Crippen LogP contribution in [0.3, 0.4) is 0 Å². The summed E-state index contributed by atoms with van der Waals surface area (Å²) >= 11 is 0. The van der Waals surface area contributed by atoms with E-state index in [1.54, 1.807) is 0 Å². The zero-order valence-electron chi connectivity index (χ0n) is 13.3. The first-order valence-electron chi connectivity index (χ1n) is 7.43. The topological polar surface area (TPSA) is 46.2 Å². The van der Waals surface area contributed by atoms with Gasteiger partial charge in [0, 0.05) is 24.1 Å². The number of anilines is 1. The molecule has 0 atom stereocenters. The summed E-state index contributed by atoms with van der Waals surface area (Å²) in [4.78, 5) is 24.2. The van der Waals surface area contributed by atoms with Crippen molar-refractivity contribution in [2.24, 2.45) is 0 Å². The maximum absolute atomic E-state index is 12.2. The molecule has 3 nitrogen and oxygen atoms in total. The van der Waals surface area contributed by atoms with Gasteiger partial charge >= 0.3 is 0 Å². The monoisotopic (exact) mass is 295 g/mol. The van der Waals surface area contributed by atoms with Gasteiger partial charge in [-0.2, -0.15) is 0 Å². The van der Waals surface area contributed by atoms with E-state index < -0.39 is 0 Å². The lowest BCUT2D eigenvalue weighted by molar-refractivity contribution is -0.116. The number of rotatable bonds is 5. The van der Waals surface area contributed by atoms with E-state index in [0.29, 0.717) is 5.56 Å². The second kappa shape index (κ2) is 7.03. The fourth-order valence-electron chi connectivity index (χ4n) is 2.41. The van der Waals surface area contributed by atoms with E-state index in [9.17, 15) is 9.59 Å². The molecule has 114 valence electrons. The molecule has 2 rings (SSSR count). The molecule has 0 spiro atoms. The molecule has 0 aliphatic rings. The Bertz CT molecular complexity index is 704. The largest absolute Gasteiger partial charge is 0.326 e. The Labute approximate surface area is 131 Å². The second-order valence-corrected chi connectivity index (χ2v) is 5.60. The van der Waals surface area contributed by atoms with E-state index in [0.717, 1.165) is 22.4 Å². The molecule has 1 N–H and O–H groups in total. The van der Waals surface area contributed by atoms with Gasteiger partial charge in [-0.25, -0.2) is 0 Å². The van der Waals surface area contributed by atoms with E-state index in [2.05, 4.69) is 5.32 Å². The predicted octanol–water partition coefficient (Wildman–Crippen LogP) is 4.21. The Morgan fingerprint density at radius 3 is 2.32 bits per heavy atom. The lowest BCUT2D eigenvalue weighted by atomic mass is 9.99. The van der Waals surface area contributed by atoms with Crippen molar-refractivity contribution < 1.29 is 9.59 Å². The molecule has 0 saturated carbocycles. The summed E-state index contributed by atoms with van der Waals surface area (Å²) in [7, 11) is 0. The Morgan fingerprint density at radius 1 is 0.909 bits per heavy atom. The van der Waals surface area contributed by atoms with E-state index in [1.165, 1.54) is 0 Å². The molecule has 0 radical (unpaired) electrons. The molecule has 0 aromatic heterocycles. The summed E-state index contributed by atoms with van der Waals surface area (Å²) in [5.74, 6) is -0.121. The van der Waals surface area contributed by atoms with Crippen LogP contribution in [0.25, 0.3) is 0 Å². The van der Waals surface area contributed by atoms with Gasteiger partial charge in [0.15, 0.2) is 5.78 Å². The summed E-state index contributed by atoms with van der Waals surface area (Å²) in [5, 5.41) is 2.85. The van der Waals surface area contributed by atoms with Crippen molar-refractivity contribution in [1.82, 2.24) is 0 Å². The van der Waals surface area contributed by atoms with E-state index in [-0.39, 0.29) is 24.5 Å². The van der Waals surface area contributed by atoms with E-state index >= 15 is 0 Å². The van der Waals surface area contributed by atoms with Crippen LogP contribution in [-0.2, 0) is 4.79 Å². The number of hydrogen-bond acceptors (Lipinski definition) is 2. The minimum Gasteiger partial charge on any atom is -0.326 e. The molecule has 0 heterocycles. The number of Topliss-reactive ketones (excluding diaryl/α,β-unsaturated/α-hetero) is 1. The van der Waals surface area contributed by atoms with Crippen LogP contribution < -0.4 is 5.32 Å². The highest BCUT2D eigenvalue weighted by molar-refractivity contribution is 6.01. The highest BCUT2D eigenvalue weighted by Gasteiger charge is 2.12. The van der Waals surface area contributed by atoms with Crippen molar-refractivity contribution in [1.29, 1.82) is 0 Å². The molecule has 0 unspecified atom stereocenters. The van der Waals surface area contributed by atoms with Crippen LogP contribution in [-0.4, -0.2) is 11.7 Å². The van der Waals surface area contributed by atoms with Gasteiger partial charge in [0.25, 0.3) is 0 Å². The van der Waals surface area contributed by atoms with Crippen LogP contribution in [0.5, 0.6) is 0 Å². The molecule has 3 heteroatoms. The zero-order valence-corrected chi connectivity index (χ0v) is 13.3. The molecule has 1 amide bonds. The highest BCUT2D eigenvalue weighted by atomic mass is 16.2. The first kappa shape index (κ1) is 16.0. The zero-order chi connectivity index (χ0) is 16.1. The molecular formula is C19H21NO2. The van der Waals surface area contributed by atoms with E-state index in [4.69, 9.17) is 0 Å². The van der Waals surface area contributed by atoms with Crippen LogP contribution in [0.15, 0.2) is 42.5 Å². The molecule has 0 aliphatic carbocycles. The summed E-state index contributed by atoms with van der Waals surface area (Å²) in [5.41, 5.74) is 4.60. The van der Waals surface area contributed by atoms with Gasteiger partial charge in [-0.15, -0.1) is 0 Å². The number of para-hydroxylation sites is 1. The maximum atomic E-state index is 12.2. The van der Waals surface area contributed by atoms with Gasteiger partial charge in [0.2, 0.25) is 5.91 Å². The lowest BCUT2D eigenvalue weighted by Crippen LogP contribution is -2.14. The van der Waals surface area contributed by atoms with Gasteiger partial charge in [0.1, 0.15) is 0 Å². The van der Waals surface area contributed by atoms with Crippen molar-refractivity contribution in [3.63, 3.8) is 0 Å². The van der Waals surface area contributed by atoms with Crippen molar-refractivity contribution in [2.45, 2.75) is 33.6 Å². The lowest BCUT2D eigenvalue weighted by Gasteiger charge is -2.09. The first-order chi connectivity index (χ1) is 10.5. The van der Waals surface area contributed by atoms with Crippen LogP contribution >= 0.6 is 0 Å². The standard InChI is InChI=1S/C19H21NO2/c1-13-8-9-16(15(3)12-13)18(21)10-11-19(22)20-17-7-5-4-6-14(17)2/h4-9,12H,10-11H2,1-3H3,(H,20,22). The highest BCUT2D eigenvalue weighted by Crippen LogP contribution is 2.16. The fraction of sp³-hybridized carbons (Fsp3) is 0.263. The fourth-order valence-corrected chi connectivity index (χ4v) is 2.41. The summed E-state index contributed by atoms with van der Waals surface area (Å²) in [6.07, 6.45) is 0.419. The van der Waals surface area contributed by atoms with Gasteiger partial charge in [-0.1, -0.05) is 42.0 Å². The van der Waals surface area contributed by atoms with Crippen LogP contribution in [0.2, 0.25) is 0 Å². The summed E-state index contributed by atoms with van der Waals surface area (Å²) in [6, 6.07) is 13.4. The van der Waals surface area contributed by atoms with Crippen molar-refractivity contribution >= 4 is 17.4 Å². The number of nitrogens with one attached hydrogen (secondary N) is 1. The quantitative estimate of drug-likeness (QED) is 0.840. The van der Waals surface area contributed by atoms with Crippen molar-refractivity contribution in [3.8, 4) is 0 Å². The number of aryl methyl sites for hydroxylation is 3. The van der Waals surface area contributed by atoms with Gasteiger partial charge in [0.05, 0.1) is 0 Å². The average Bonchev–Trinajstić information content (AvgIpc) is 2.47.